The lowest BCUT2D eigenvalue weighted by Gasteiger charge is -2.38. The molecule has 0 saturated carbocycles. The summed E-state index contributed by atoms with van der Waals surface area (Å²) < 4.78 is 45.4. The first-order chi connectivity index (χ1) is 23.3. The van der Waals surface area contributed by atoms with Crippen molar-refractivity contribution in [3.8, 4) is 0 Å². The molecule has 1 saturated heterocycles. The lowest BCUT2D eigenvalue weighted by molar-refractivity contribution is -0.137. The van der Waals surface area contributed by atoms with Crippen LogP contribution < -0.4 is 5.43 Å². The van der Waals surface area contributed by atoms with Gasteiger partial charge in [-0.15, -0.1) is 0 Å². The van der Waals surface area contributed by atoms with Gasteiger partial charge in [0.1, 0.15) is 12.9 Å². The largest absolute Gasteiger partial charge is 0.444 e. The van der Waals surface area contributed by atoms with Crippen molar-refractivity contribution in [1.82, 2.24) is 15.3 Å². The Bertz CT molecular complexity index is 1540. The second-order valence-electron chi connectivity index (χ2n) is 12.3. The summed E-state index contributed by atoms with van der Waals surface area (Å²) >= 11 is 0. The van der Waals surface area contributed by atoms with Crippen molar-refractivity contribution in [2.24, 2.45) is 0 Å². The normalized spacial score (nSPS) is 14.4. The number of hydrogen-bond acceptors (Lipinski definition) is 5. The molecular formula is C39H42F3N3O3. The number of hydrogen-bond donors (Lipinski definition) is 1. The van der Waals surface area contributed by atoms with E-state index in [0.29, 0.717) is 12.8 Å². The molecule has 0 bridgehead atoms. The third-order valence-electron chi connectivity index (χ3n) is 9.26. The molecule has 1 N–H and O–H groups in total. The number of rotatable bonds is 14. The third-order valence-corrected chi connectivity index (χ3v) is 9.26. The van der Waals surface area contributed by atoms with Crippen LogP contribution in [0.25, 0.3) is 0 Å². The Hall–Kier alpha value is -4.47. The fourth-order valence-corrected chi connectivity index (χ4v) is 6.63. The monoisotopic (exact) mass is 657 g/mol. The van der Waals surface area contributed by atoms with E-state index in [0.717, 1.165) is 73.6 Å². The minimum atomic E-state index is -4.34. The van der Waals surface area contributed by atoms with Crippen LogP contribution in [0.1, 0.15) is 59.4 Å². The van der Waals surface area contributed by atoms with Gasteiger partial charge in [-0.2, -0.15) is 13.2 Å². The Morgan fingerprint density at radius 1 is 0.833 bits per heavy atom. The Balaban J connectivity index is 1.28. The molecule has 252 valence electrons. The van der Waals surface area contributed by atoms with Gasteiger partial charge in [-0.25, -0.2) is 15.2 Å². The number of carbonyl (C=O) groups is 2. The number of piperidine rings is 1. The highest BCUT2D eigenvalue weighted by atomic mass is 19.4. The number of alkyl halides is 3. The van der Waals surface area contributed by atoms with E-state index in [2.05, 4.69) is 34.6 Å². The Morgan fingerprint density at radius 3 is 2.00 bits per heavy atom. The highest BCUT2D eigenvalue weighted by Gasteiger charge is 2.36. The Labute approximate surface area is 280 Å². The van der Waals surface area contributed by atoms with Crippen LogP contribution in [0.5, 0.6) is 0 Å². The second-order valence-corrected chi connectivity index (χ2v) is 12.3. The predicted octanol–water partition coefficient (Wildman–Crippen LogP) is 7.99. The third kappa shape index (κ3) is 9.11. The first kappa shape index (κ1) is 34.9. The SMILES string of the molecule is O=CCN(NCC(CCCN1CCC(c2cccc(C(F)(F)F)c2)CC1)(c1ccccc1)c1ccccc1)C(=O)OCc1ccccc1. The Morgan fingerprint density at radius 2 is 1.42 bits per heavy atom. The van der Waals surface area contributed by atoms with Crippen molar-refractivity contribution < 1.29 is 27.5 Å². The van der Waals surface area contributed by atoms with Gasteiger partial charge in [0.25, 0.3) is 0 Å². The van der Waals surface area contributed by atoms with Gasteiger partial charge in [-0.05, 0) is 79.6 Å². The van der Waals surface area contributed by atoms with E-state index in [-0.39, 0.29) is 19.1 Å². The smallest absolute Gasteiger partial charge is 0.424 e. The molecule has 4 aromatic carbocycles. The van der Waals surface area contributed by atoms with Gasteiger partial charge in [-0.3, -0.25) is 0 Å². The zero-order valence-electron chi connectivity index (χ0n) is 26.9. The maximum Gasteiger partial charge on any atom is 0.424 e. The highest BCUT2D eigenvalue weighted by molar-refractivity contribution is 5.70. The number of benzene rings is 4. The summed E-state index contributed by atoms with van der Waals surface area (Å²) in [6.07, 6.45) is -1.12. The number of likely N-dealkylation sites (tertiary alicyclic amines) is 1. The van der Waals surface area contributed by atoms with Gasteiger partial charge in [0.15, 0.2) is 0 Å². The lowest BCUT2D eigenvalue weighted by atomic mass is 9.71. The molecule has 9 heteroatoms. The molecule has 1 heterocycles. The number of nitrogens with zero attached hydrogens (tertiary/aromatic N) is 2. The molecule has 6 nitrogen and oxygen atoms in total. The standard InChI is InChI=1S/C39H42F3N3O3/c40-39(41,42)36-19-10-14-33(28-36)32-20-24-44(25-21-32)23-11-22-38(34-15-6-2-7-16-34,35-17-8-3-9-18-35)30-43-45(26-27-46)37(47)48-29-31-12-4-1-5-13-31/h1-10,12-19,27-28,32,43H,11,20-26,29-30H2. The first-order valence-corrected chi connectivity index (χ1v) is 16.4. The summed E-state index contributed by atoms with van der Waals surface area (Å²) in [4.78, 5) is 27.2. The van der Waals surface area contributed by atoms with Crippen molar-refractivity contribution in [1.29, 1.82) is 0 Å². The van der Waals surface area contributed by atoms with E-state index < -0.39 is 23.2 Å². The number of nitrogens with one attached hydrogen (secondary N) is 1. The predicted molar refractivity (Wildman–Crippen MR) is 180 cm³/mol. The van der Waals surface area contributed by atoms with E-state index >= 15 is 0 Å². The van der Waals surface area contributed by atoms with Crippen molar-refractivity contribution in [2.45, 2.75) is 49.8 Å². The molecule has 4 aromatic rings. The van der Waals surface area contributed by atoms with Crippen molar-refractivity contribution in [3.63, 3.8) is 0 Å². The minimum absolute atomic E-state index is 0.0870. The van der Waals surface area contributed by atoms with Gasteiger partial charge >= 0.3 is 12.3 Å². The number of amides is 1. The molecule has 1 fully saturated rings. The molecule has 1 aliphatic heterocycles. The van der Waals surface area contributed by atoms with Gasteiger partial charge in [0.2, 0.25) is 0 Å². The molecule has 5 rings (SSSR count). The maximum absolute atomic E-state index is 13.3. The fourth-order valence-electron chi connectivity index (χ4n) is 6.63. The molecule has 0 aliphatic carbocycles. The average molecular weight is 658 g/mol. The van der Waals surface area contributed by atoms with Gasteiger partial charge in [0.05, 0.1) is 12.1 Å². The first-order valence-electron chi connectivity index (χ1n) is 16.4. The Kier molecular flexibility index (Phi) is 12.0. The second kappa shape index (κ2) is 16.6. The summed E-state index contributed by atoms with van der Waals surface area (Å²) in [5, 5.41) is 1.23. The van der Waals surface area contributed by atoms with E-state index in [1.807, 2.05) is 72.8 Å². The minimum Gasteiger partial charge on any atom is -0.444 e. The molecule has 48 heavy (non-hydrogen) atoms. The van der Waals surface area contributed by atoms with Crippen LogP contribution in [0.2, 0.25) is 0 Å². The quantitative estimate of drug-likeness (QED) is 0.110. The number of hydrazine groups is 1. The zero-order valence-corrected chi connectivity index (χ0v) is 26.9. The van der Waals surface area contributed by atoms with Gasteiger partial charge in [0, 0.05) is 12.0 Å². The number of halogens is 3. The summed E-state index contributed by atoms with van der Waals surface area (Å²) in [5.74, 6) is 0.103. The summed E-state index contributed by atoms with van der Waals surface area (Å²) in [6.45, 7) is 2.70. The summed E-state index contributed by atoms with van der Waals surface area (Å²) in [6, 6.07) is 35.4. The van der Waals surface area contributed by atoms with Crippen molar-refractivity contribution >= 4 is 12.4 Å². The molecule has 0 unspecified atom stereocenters. The molecule has 1 aliphatic rings. The molecule has 0 aromatic heterocycles. The number of carbonyl (C=O) groups excluding carboxylic acids is 2. The molecular weight excluding hydrogens is 615 g/mol. The van der Waals surface area contributed by atoms with E-state index in [1.54, 1.807) is 0 Å². The molecule has 0 atom stereocenters. The highest BCUT2D eigenvalue weighted by Crippen LogP contribution is 2.38. The van der Waals surface area contributed by atoms with Gasteiger partial charge in [-0.1, -0.05) is 109 Å². The van der Waals surface area contributed by atoms with E-state index in [4.69, 9.17) is 4.74 Å². The molecule has 0 spiro atoms. The molecule has 0 radical (unpaired) electrons. The van der Waals surface area contributed by atoms with Crippen LogP contribution in [0.3, 0.4) is 0 Å². The number of ether oxygens (including phenoxy) is 1. The van der Waals surface area contributed by atoms with E-state index in [1.165, 1.54) is 17.1 Å². The average Bonchev–Trinajstić information content (AvgIpc) is 3.12. The van der Waals surface area contributed by atoms with Crippen LogP contribution in [0.4, 0.5) is 18.0 Å². The van der Waals surface area contributed by atoms with Crippen molar-refractivity contribution in [3.05, 3.63) is 143 Å². The maximum atomic E-state index is 13.3. The van der Waals surface area contributed by atoms with Crippen LogP contribution >= 0.6 is 0 Å². The fraction of sp³-hybridized carbons (Fsp3) is 0.333. The van der Waals surface area contributed by atoms with Crippen LogP contribution in [0.15, 0.2) is 115 Å². The van der Waals surface area contributed by atoms with Crippen LogP contribution in [0, 0.1) is 0 Å². The van der Waals surface area contributed by atoms with E-state index in [9.17, 15) is 22.8 Å². The topological polar surface area (TPSA) is 61.9 Å². The number of aldehydes is 1. The van der Waals surface area contributed by atoms with Gasteiger partial charge < -0.3 is 14.4 Å². The molecule has 1 amide bonds. The lowest BCUT2D eigenvalue weighted by Crippen LogP contribution is -2.51. The zero-order chi connectivity index (χ0) is 33.8. The van der Waals surface area contributed by atoms with Crippen LogP contribution in [-0.4, -0.2) is 55.0 Å². The summed E-state index contributed by atoms with van der Waals surface area (Å²) in [7, 11) is 0. The van der Waals surface area contributed by atoms with Crippen molar-refractivity contribution in [2.75, 3.05) is 32.7 Å². The van der Waals surface area contributed by atoms with Crippen LogP contribution in [-0.2, 0) is 27.7 Å². The summed E-state index contributed by atoms with van der Waals surface area (Å²) in [5.41, 5.74) is 5.88.